The van der Waals surface area contributed by atoms with Gasteiger partial charge in [-0.15, -0.1) is 0 Å². The molecule has 0 spiro atoms. The Morgan fingerprint density at radius 2 is 2.12 bits per heavy atom. The minimum absolute atomic E-state index is 0.115. The van der Waals surface area contributed by atoms with Crippen LogP contribution in [0.15, 0.2) is 12.1 Å². The minimum Gasteiger partial charge on any atom is -0.371 e. The molecule has 3 N–H and O–H groups in total. The molecule has 0 saturated carbocycles. The Bertz CT molecular complexity index is 516. The van der Waals surface area contributed by atoms with Gasteiger partial charge in [-0.2, -0.15) is 12.7 Å². The van der Waals surface area contributed by atoms with Crippen LogP contribution < -0.4 is 19.6 Å². The lowest BCUT2D eigenvalue weighted by molar-refractivity contribution is -0.849. The minimum atomic E-state index is -4.58. The average Bonchev–Trinajstić information content (AvgIpc) is 2.07. The van der Waals surface area contributed by atoms with Crippen molar-refractivity contribution in [1.29, 1.82) is 0 Å². The van der Waals surface area contributed by atoms with Crippen molar-refractivity contribution in [2.24, 2.45) is 0 Å². The second-order valence-corrected chi connectivity index (χ2v) is 4.92. The zero-order chi connectivity index (χ0) is 12.6. The zero-order valence-electron chi connectivity index (χ0n) is 9.33. The van der Waals surface area contributed by atoms with Gasteiger partial charge in [0, 0.05) is 31.8 Å². The fraction of sp³-hybridized carbons (Fsp3) is 0.444. The number of nitrogens with zero attached hydrogens (tertiary/aromatic N) is 2. The number of aryl methyl sites for hydroxylation is 1. The molecule has 0 unspecified atom stereocenters. The molecule has 1 aliphatic rings. The van der Waals surface area contributed by atoms with Gasteiger partial charge in [-0.25, -0.2) is 0 Å². The topological polar surface area (TPSA) is 96.7 Å². The van der Waals surface area contributed by atoms with Gasteiger partial charge in [0.15, 0.2) is 5.69 Å². The molecular formula is C9H14N3O4S+. The first kappa shape index (κ1) is 11.9. The molecule has 1 aromatic rings. The Kier molecular flexibility index (Phi) is 2.84. The van der Waals surface area contributed by atoms with Crippen LogP contribution >= 0.6 is 0 Å². The van der Waals surface area contributed by atoms with Crippen LogP contribution in [0.4, 0.5) is 11.5 Å². The molecule has 0 atom stereocenters. The summed E-state index contributed by atoms with van der Waals surface area (Å²) in [5.74, 6) is 0.115. The number of rotatable bonds is 3. The van der Waals surface area contributed by atoms with Gasteiger partial charge in [0.05, 0.1) is 6.07 Å². The summed E-state index contributed by atoms with van der Waals surface area (Å²) in [5.41, 5.74) is 7.09. The van der Waals surface area contributed by atoms with E-state index in [0.717, 1.165) is 29.9 Å². The molecule has 1 aliphatic heterocycles. The van der Waals surface area contributed by atoms with E-state index < -0.39 is 10.4 Å². The molecule has 17 heavy (non-hydrogen) atoms. The Morgan fingerprint density at radius 3 is 2.53 bits per heavy atom. The summed E-state index contributed by atoms with van der Waals surface area (Å²) >= 11 is 0. The Balaban J connectivity index is 2.35. The molecule has 0 amide bonds. The van der Waals surface area contributed by atoms with Crippen LogP contribution in [0.1, 0.15) is 12.1 Å². The van der Waals surface area contributed by atoms with Crippen LogP contribution in [0.25, 0.3) is 0 Å². The zero-order valence-corrected chi connectivity index (χ0v) is 10.1. The smallest absolute Gasteiger partial charge is 0.371 e. The summed E-state index contributed by atoms with van der Waals surface area (Å²) in [6, 6.07) is 3.36. The highest BCUT2D eigenvalue weighted by molar-refractivity contribution is 7.80. The van der Waals surface area contributed by atoms with E-state index in [-0.39, 0.29) is 5.82 Å². The van der Waals surface area contributed by atoms with Crippen molar-refractivity contribution < 1.29 is 22.0 Å². The number of hydrogen-bond acceptors (Lipinski definition) is 5. The highest BCUT2D eigenvalue weighted by Gasteiger charge is 2.22. The van der Waals surface area contributed by atoms with Crippen LogP contribution in [0, 0.1) is 6.92 Å². The molecule has 1 fully saturated rings. The summed E-state index contributed by atoms with van der Waals surface area (Å²) in [6.45, 7) is 3.56. The van der Waals surface area contributed by atoms with E-state index in [2.05, 4.69) is 9.18 Å². The standard InChI is InChI=1S/C9H13N3O4S/c1-7-5-8(11-3-2-4-11)6-9(10)12(7)16-17(13,14)15/h5-6,10H,2-4H2,1H3,(H,13,14,15)/p+1. The summed E-state index contributed by atoms with van der Waals surface area (Å²) in [7, 11) is -4.58. The van der Waals surface area contributed by atoms with Crippen molar-refractivity contribution in [1.82, 2.24) is 0 Å². The molecule has 8 heteroatoms. The lowest BCUT2D eigenvalue weighted by Gasteiger charge is -2.33. The van der Waals surface area contributed by atoms with E-state index in [1.807, 2.05) is 0 Å². The van der Waals surface area contributed by atoms with Crippen LogP contribution in [-0.4, -0.2) is 26.1 Å². The third-order valence-electron chi connectivity index (χ3n) is 2.60. The highest BCUT2D eigenvalue weighted by atomic mass is 32.3. The van der Waals surface area contributed by atoms with Gasteiger partial charge in [0.25, 0.3) is 0 Å². The number of anilines is 2. The average molecular weight is 260 g/mol. The molecule has 94 valence electrons. The van der Waals surface area contributed by atoms with Crippen LogP contribution in [0.3, 0.4) is 0 Å². The van der Waals surface area contributed by atoms with Crippen molar-refractivity contribution >= 4 is 21.9 Å². The fourth-order valence-corrected chi connectivity index (χ4v) is 2.07. The third kappa shape index (κ3) is 2.59. The van der Waals surface area contributed by atoms with Crippen molar-refractivity contribution in [3.8, 4) is 0 Å². The van der Waals surface area contributed by atoms with Gasteiger partial charge in [-0.05, 0) is 11.2 Å². The maximum absolute atomic E-state index is 10.6. The molecule has 0 bridgehead atoms. The van der Waals surface area contributed by atoms with Gasteiger partial charge >= 0.3 is 16.2 Å². The van der Waals surface area contributed by atoms with Gasteiger partial charge in [0.1, 0.15) is 0 Å². The SMILES string of the molecule is Cc1cc(N2CCC2)cc(N)[n+]1OS(=O)(=O)O. The van der Waals surface area contributed by atoms with Crippen molar-refractivity contribution in [2.75, 3.05) is 23.7 Å². The molecule has 1 saturated heterocycles. The maximum atomic E-state index is 10.6. The predicted molar refractivity (Wildman–Crippen MR) is 60.7 cm³/mol. The monoisotopic (exact) mass is 260 g/mol. The number of hydrogen-bond donors (Lipinski definition) is 2. The first-order valence-corrected chi connectivity index (χ1v) is 6.48. The van der Waals surface area contributed by atoms with E-state index in [1.165, 1.54) is 0 Å². The van der Waals surface area contributed by atoms with E-state index in [4.69, 9.17) is 10.3 Å². The molecule has 7 nitrogen and oxygen atoms in total. The van der Waals surface area contributed by atoms with Crippen molar-refractivity contribution in [3.05, 3.63) is 17.8 Å². The van der Waals surface area contributed by atoms with Crippen LogP contribution in [0.5, 0.6) is 0 Å². The fourth-order valence-electron chi connectivity index (χ4n) is 1.68. The first-order valence-electron chi connectivity index (χ1n) is 5.11. The van der Waals surface area contributed by atoms with Crippen molar-refractivity contribution in [3.63, 3.8) is 0 Å². The van der Waals surface area contributed by atoms with E-state index in [0.29, 0.717) is 5.69 Å². The number of nitrogens with two attached hydrogens (primary N) is 1. The lowest BCUT2D eigenvalue weighted by atomic mass is 10.2. The number of nitrogen functional groups attached to an aromatic ring is 1. The predicted octanol–water partition coefficient (Wildman–Crippen LogP) is -0.694. The second kappa shape index (κ2) is 4.04. The van der Waals surface area contributed by atoms with E-state index in [9.17, 15) is 8.42 Å². The molecule has 1 aromatic heterocycles. The summed E-state index contributed by atoms with van der Waals surface area (Å²) < 4.78 is 35.1. The lowest BCUT2D eigenvalue weighted by Crippen LogP contribution is -2.50. The second-order valence-electron chi connectivity index (χ2n) is 3.92. The number of aromatic nitrogens is 1. The van der Waals surface area contributed by atoms with Gasteiger partial charge < -0.3 is 4.90 Å². The normalized spacial score (nSPS) is 15.5. The molecule has 0 radical (unpaired) electrons. The summed E-state index contributed by atoms with van der Waals surface area (Å²) in [6.07, 6.45) is 1.13. The Labute approximate surface area is 99.3 Å². The largest absolute Gasteiger partial charge is 0.482 e. The molecule has 0 aliphatic carbocycles. The van der Waals surface area contributed by atoms with Crippen molar-refractivity contribution in [2.45, 2.75) is 13.3 Å². The van der Waals surface area contributed by atoms with Gasteiger partial charge in [-0.3, -0.25) is 10.3 Å². The molecule has 2 rings (SSSR count). The maximum Gasteiger partial charge on any atom is 0.482 e. The molecule has 0 aromatic carbocycles. The van der Waals surface area contributed by atoms with Crippen LogP contribution in [0.2, 0.25) is 0 Å². The van der Waals surface area contributed by atoms with Gasteiger partial charge in [-0.1, -0.05) is 0 Å². The Hall–Kier alpha value is -1.54. The van der Waals surface area contributed by atoms with E-state index >= 15 is 0 Å². The highest BCUT2D eigenvalue weighted by Crippen LogP contribution is 2.21. The van der Waals surface area contributed by atoms with E-state index in [1.54, 1.807) is 19.1 Å². The number of pyridine rings is 1. The molecular weight excluding hydrogens is 246 g/mol. The molecule has 2 heterocycles. The summed E-state index contributed by atoms with van der Waals surface area (Å²) in [4.78, 5) is 2.11. The van der Waals surface area contributed by atoms with Gasteiger partial charge in [0.2, 0.25) is 0 Å². The first-order chi connectivity index (χ1) is 7.87. The Morgan fingerprint density at radius 1 is 1.47 bits per heavy atom. The quantitative estimate of drug-likeness (QED) is 0.551. The van der Waals surface area contributed by atoms with Crippen LogP contribution in [-0.2, 0) is 10.4 Å². The summed E-state index contributed by atoms with van der Waals surface area (Å²) in [5, 5.41) is 0. The third-order valence-corrected chi connectivity index (χ3v) is 2.93.